The number of para-hydroxylation sites is 1. The van der Waals surface area contributed by atoms with Crippen molar-refractivity contribution in [3.8, 4) is 5.75 Å². The largest absolute Gasteiger partial charge is 0.507 e. The highest BCUT2D eigenvalue weighted by Crippen LogP contribution is 2.14. The standard InChI is InChI=1S/C13H18N2O7/c16-6-10(19)12(21)11(20)9(18)5-14-15-13(22)7-3-1-2-4-8(7)17/h1-5,9-12,16-21H,6H2,(H,15,22)/b14-5-/t9-,10+,11-,12+/m0/s1. The van der Waals surface area contributed by atoms with Gasteiger partial charge in [0.15, 0.2) is 0 Å². The lowest BCUT2D eigenvalue weighted by atomic mass is 10.0. The predicted octanol–water partition coefficient (Wildman–Crippen LogP) is -2.46. The summed E-state index contributed by atoms with van der Waals surface area (Å²) in [5, 5.41) is 59.0. The molecule has 0 aliphatic carbocycles. The Labute approximate surface area is 125 Å². The molecule has 1 amide bonds. The third-order valence-corrected chi connectivity index (χ3v) is 2.82. The molecule has 0 radical (unpaired) electrons. The number of carbonyl (C=O) groups excluding carboxylic acids is 1. The number of phenolic OH excluding ortho intramolecular Hbond substituents is 1. The molecule has 0 heterocycles. The van der Waals surface area contributed by atoms with Gasteiger partial charge in [0, 0.05) is 0 Å². The highest BCUT2D eigenvalue weighted by Gasteiger charge is 2.29. The molecule has 4 atom stereocenters. The van der Waals surface area contributed by atoms with Gasteiger partial charge in [0.2, 0.25) is 0 Å². The number of nitrogens with zero attached hydrogens (tertiary/aromatic N) is 1. The van der Waals surface area contributed by atoms with Crippen LogP contribution in [0.25, 0.3) is 0 Å². The highest BCUT2D eigenvalue weighted by atomic mass is 16.4. The SMILES string of the molecule is O=C(N/N=C\[C@H](O)[C@H](O)[C@H](O)[C@H](O)CO)c1ccccc1O. The Morgan fingerprint density at radius 1 is 1.18 bits per heavy atom. The topological polar surface area (TPSA) is 163 Å². The van der Waals surface area contributed by atoms with Crippen molar-refractivity contribution >= 4 is 12.1 Å². The average Bonchev–Trinajstić information content (AvgIpc) is 2.52. The normalized spacial score (nSPS) is 17.0. The van der Waals surface area contributed by atoms with Gasteiger partial charge in [-0.25, -0.2) is 5.43 Å². The van der Waals surface area contributed by atoms with Crippen LogP contribution in [0.2, 0.25) is 0 Å². The van der Waals surface area contributed by atoms with Crippen molar-refractivity contribution < 1.29 is 35.4 Å². The summed E-state index contributed by atoms with van der Waals surface area (Å²) >= 11 is 0. The molecule has 122 valence electrons. The maximum Gasteiger partial charge on any atom is 0.275 e. The lowest BCUT2D eigenvalue weighted by molar-refractivity contribution is -0.0999. The Morgan fingerprint density at radius 2 is 1.82 bits per heavy atom. The molecule has 0 unspecified atom stereocenters. The average molecular weight is 314 g/mol. The Hall–Kier alpha value is -2.04. The monoisotopic (exact) mass is 314 g/mol. The maximum absolute atomic E-state index is 11.7. The number of rotatable bonds is 7. The van der Waals surface area contributed by atoms with Crippen molar-refractivity contribution in [2.24, 2.45) is 5.10 Å². The van der Waals surface area contributed by atoms with Crippen molar-refractivity contribution in [3.05, 3.63) is 29.8 Å². The van der Waals surface area contributed by atoms with Gasteiger partial charge >= 0.3 is 0 Å². The molecular formula is C13H18N2O7. The van der Waals surface area contributed by atoms with Crippen molar-refractivity contribution in [3.63, 3.8) is 0 Å². The van der Waals surface area contributed by atoms with Crippen molar-refractivity contribution in [1.82, 2.24) is 5.43 Å². The fourth-order valence-corrected chi connectivity index (χ4v) is 1.52. The molecule has 7 N–H and O–H groups in total. The van der Waals surface area contributed by atoms with Crippen molar-refractivity contribution in [2.45, 2.75) is 24.4 Å². The molecule has 0 saturated carbocycles. The molecule has 0 fully saturated rings. The van der Waals surface area contributed by atoms with Crippen LogP contribution in [0, 0.1) is 0 Å². The van der Waals surface area contributed by atoms with E-state index in [9.17, 15) is 25.2 Å². The number of hydrogen-bond acceptors (Lipinski definition) is 8. The minimum atomic E-state index is -1.81. The highest BCUT2D eigenvalue weighted by molar-refractivity contribution is 5.96. The van der Waals surface area contributed by atoms with Gasteiger partial charge in [-0.05, 0) is 12.1 Å². The first-order valence-electron chi connectivity index (χ1n) is 6.33. The lowest BCUT2D eigenvalue weighted by Gasteiger charge is -2.23. The van der Waals surface area contributed by atoms with E-state index in [2.05, 4.69) is 5.10 Å². The van der Waals surface area contributed by atoms with E-state index < -0.39 is 36.9 Å². The van der Waals surface area contributed by atoms with Gasteiger partial charge in [0.25, 0.3) is 5.91 Å². The predicted molar refractivity (Wildman–Crippen MR) is 75.2 cm³/mol. The summed E-state index contributed by atoms with van der Waals surface area (Å²) in [7, 11) is 0. The van der Waals surface area contributed by atoms with Crippen LogP contribution in [0.15, 0.2) is 29.4 Å². The van der Waals surface area contributed by atoms with Crippen LogP contribution in [0.4, 0.5) is 0 Å². The molecule has 0 aliphatic rings. The van der Waals surface area contributed by atoms with Crippen LogP contribution in [0.1, 0.15) is 10.4 Å². The van der Waals surface area contributed by atoms with Gasteiger partial charge in [-0.15, -0.1) is 0 Å². The minimum Gasteiger partial charge on any atom is -0.507 e. The number of carbonyl (C=O) groups is 1. The van der Waals surface area contributed by atoms with E-state index in [1.165, 1.54) is 24.3 Å². The van der Waals surface area contributed by atoms with E-state index in [-0.39, 0.29) is 11.3 Å². The molecule has 0 aliphatic heterocycles. The first-order chi connectivity index (χ1) is 10.4. The van der Waals surface area contributed by atoms with E-state index in [0.717, 1.165) is 6.21 Å². The van der Waals surface area contributed by atoms with Crippen molar-refractivity contribution in [1.29, 1.82) is 0 Å². The van der Waals surface area contributed by atoms with E-state index in [0.29, 0.717) is 0 Å². The molecule has 0 saturated heterocycles. The third kappa shape index (κ3) is 4.76. The summed E-state index contributed by atoms with van der Waals surface area (Å²) in [6.07, 6.45) is -6.20. The molecule has 1 aromatic rings. The van der Waals surface area contributed by atoms with E-state index in [1.54, 1.807) is 0 Å². The summed E-state index contributed by atoms with van der Waals surface area (Å²) in [6, 6.07) is 5.73. The van der Waals surface area contributed by atoms with Crippen LogP contribution in [-0.2, 0) is 0 Å². The first-order valence-corrected chi connectivity index (χ1v) is 6.33. The number of benzene rings is 1. The fourth-order valence-electron chi connectivity index (χ4n) is 1.52. The van der Waals surface area contributed by atoms with Crippen LogP contribution >= 0.6 is 0 Å². The van der Waals surface area contributed by atoms with E-state index >= 15 is 0 Å². The number of amides is 1. The number of aliphatic hydroxyl groups excluding tert-OH is 5. The first kappa shape index (κ1) is 18.0. The Balaban J connectivity index is 2.58. The third-order valence-electron chi connectivity index (χ3n) is 2.82. The van der Waals surface area contributed by atoms with Crippen molar-refractivity contribution in [2.75, 3.05) is 6.61 Å². The van der Waals surface area contributed by atoms with Crippen LogP contribution < -0.4 is 5.43 Å². The number of aromatic hydroxyl groups is 1. The van der Waals surface area contributed by atoms with Gasteiger partial charge in [0.1, 0.15) is 30.2 Å². The number of phenols is 1. The Bertz CT molecular complexity index is 523. The van der Waals surface area contributed by atoms with Crippen LogP contribution in [0.5, 0.6) is 5.75 Å². The molecule has 22 heavy (non-hydrogen) atoms. The summed E-state index contributed by atoms with van der Waals surface area (Å²) in [5.74, 6) is -0.996. The van der Waals surface area contributed by atoms with E-state index in [1.807, 2.05) is 5.43 Å². The lowest BCUT2D eigenvalue weighted by Crippen LogP contribution is -2.46. The quantitative estimate of drug-likeness (QED) is 0.217. The number of aliphatic hydroxyl groups is 5. The molecule has 1 rings (SSSR count). The summed E-state index contributed by atoms with van der Waals surface area (Å²) in [5.41, 5.74) is 1.98. The summed E-state index contributed by atoms with van der Waals surface area (Å²) < 4.78 is 0. The Morgan fingerprint density at radius 3 is 2.41 bits per heavy atom. The molecule has 9 nitrogen and oxygen atoms in total. The molecule has 0 aromatic heterocycles. The number of nitrogens with one attached hydrogen (secondary N) is 1. The van der Waals surface area contributed by atoms with Gasteiger partial charge in [0.05, 0.1) is 18.4 Å². The maximum atomic E-state index is 11.7. The zero-order valence-corrected chi connectivity index (χ0v) is 11.4. The zero-order chi connectivity index (χ0) is 16.7. The minimum absolute atomic E-state index is 0.0366. The Kier molecular flexibility index (Phi) is 6.89. The second-order valence-electron chi connectivity index (χ2n) is 4.46. The smallest absolute Gasteiger partial charge is 0.275 e. The second-order valence-corrected chi connectivity index (χ2v) is 4.46. The summed E-state index contributed by atoms with van der Waals surface area (Å²) in [6.45, 7) is -0.799. The molecule has 9 heteroatoms. The van der Waals surface area contributed by atoms with Gasteiger partial charge in [-0.3, -0.25) is 4.79 Å². The fraction of sp³-hybridized carbons (Fsp3) is 0.385. The second kappa shape index (κ2) is 8.41. The van der Waals surface area contributed by atoms with Gasteiger partial charge < -0.3 is 30.6 Å². The number of hydrogen-bond donors (Lipinski definition) is 7. The van der Waals surface area contributed by atoms with Gasteiger partial charge in [-0.2, -0.15) is 5.10 Å². The molecule has 0 bridgehead atoms. The zero-order valence-electron chi connectivity index (χ0n) is 11.4. The molecule has 1 aromatic carbocycles. The summed E-state index contributed by atoms with van der Waals surface area (Å²) in [4.78, 5) is 11.7. The van der Waals surface area contributed by atoms with E-state index in [4.69, 9.17) is 10.2 Å². The molecule has 0 spiro atoms. The molecular weight excluding hydrogens is 296 g/mol. The van der Waals surface area contributed by atoms with Crippen LogP contribution in [-0.4, -0.2) is 73.8 Å². The van der Waals surface area contributed by atoms with Crippen LogP contribution in [0.3, 0.4) is 0 Å². The van der Waals surface area contributed by atoms with Gasteiger partial charge in [-0.1, -0.05) is 12.1 Å². The number of hydrazone groups is 1.